The van der Waals surface area contributed by atoms with Gasteiger partial charge in [0.2, 0.25) is 0 Å². The number of hydrogen-bond donors (Lipinski definition) is 2. The first-order valence-electron chi connectivity index (χ1n) is 4.22. The summed E-state index contributed by atoms with van der Waals surface area (Å²) in [5.41, 5.74) is 0.819. The molecule has 0 spiro atoms. The largest absolute Gasteiger partial charge is 0.369 e. The van der Waals surface area contributed by atoms with E-state index in [-0.39, 0.29) is 11.3 Å². The van der Waals surface area contributed by atoms with Crippen molar-refractivity contribution in [2.45, 2.75) is 33.4 Å². The molecular weight excluding hydrogens is 186 g/mol. The van der Waals surface area contributed by atoms with Crippen molar-refractivity contribution in [2.24, 2.45) is 5.41 Å². The molecule has 1 rings (SSSR count). The Hall–Kier alpha value is -0.480. The van der Waals surface area contributed by atoms with E-state index in [0.717, 1.165) is 9.88 Å². The number of hydrogen-bond acceptors (Lipinski definition) is 3. The summed E-state index contributed by atoms with van der Waals surface area (Å²) in [7, 11) is 0. The van der Waals surface area contributed by atoms with Gasteiger partial charge in [-0.3, -0.25) is 9.10 Å². The average molecular weight is 201 g/mol. The molecule has 0 radical (unpaired) electrons. The summed E-state index contributed by atoms with van der Waals surface area (Å²) >= 11 is 3.87. The fourth-order valence-corrected chi connectivity index (χ4v) is 1.54. The van der Waals surface area contributed by atoms with Gasteiger partial charge in [0.25, 0.3) is 5.91 Å². The molecule has 4 heteroatoms. The van der Waals surface area contributed by atoms with Gasteiger partial charge in [-0.1, -0.05) is 33.6 Å². The minimum absolute atomic E-state index is 0.0754. The molecule has 1 amide bonds. The standard InChI is InChI=1S/C9H15NO2S/c1-9(2,3)5-6-4-7(11)10(13)8(6)12/h4,8,12-13H,5H2,1-3H3. The van der Waals surface area contributed by atoms with E-state index in [4.69, 9.17) is 0 Å². The predicted octanol–water partition coefficient (Wildman–Crippen LogP) is 1.35. The summed E-state index contributed by atoms with van der Waals surface area (Å²) in [6.07, 6.45) is 1.31. The Bertz CT molecular complexity index is 255. The maximum atomic E-state index is 11.1. The van der Waals surface area contributed by atoms with E-state index < -0.39 is 6.23 Å². The van der Waals surface area contributed by atoms with E-state index in [2.05, 4.69) is 33.6 Å². The van der Waals surface area contributed by atoms with E-state index in [1.54, 1.807) is 0 Å². The summed E-state index contributed by atoms with van der Waals surface area (Å²) in [5.74, 6) is -0.241. The van der Waals surface area contributed by atoms with E-state index in [0.29, 0.717) is 6.42 Å². The molecule has 0 aliphatic carbocycles. The first-order valence-corrected chi connectivity index (χ1v) is 4.62. The SMILES string of the molecule is CC(C)(C)CC1=CC(=O)N(S)C1O. The molecule has 0 aromatic carbocycles. The molecule has 1 N–H and O–H groups in total. The molecular formula is C9H15NO2S. The van der Waals surface area contributed by atoms with Crippen molar-refractivity contribution in [3.05, 3.63) is 11.6 Å². The number of amides is 1. The summed E-state index contributed by atoms with van der Waals surface area (Å²) in [4.78, 5) is 11.1. The second kappa shape index (κ2) is 3.35. The highest BCUT2D eigenvalue weighted by Gasteiger charge is 2.30. The third-order valence-electron chi connectivity index (χ3n) is 1.83. The molecule has 0 fully saturated rings. The van der Waals surface area contributed by atoms with Crippen molar-refractivity contribution < 1.29 is 9.90 Å². The number of carbonyl (C=O) groups excluding carboxylic acids is 1. The van der Waals surface area contributed by atoms with Gasteiger partial charge in [0.1, 0.15) is 0 Å². The summed E-state index contributed by atoms with van der Waals surface area (Å²) in [6, 6.07) is 0. The Morgan fingerprint density at radius 3 is 2.46 bits per heavy atom. The zero-order valence-electron chi connectivity index (χ0n) is 8.11. The molecule has 0 bridgehead atoms. The van der Waals surface area contributed by atoms with Crippen LogP contribution in [0.25, 0.3) is 0 Å². The lowest BCUT2D eigenvalue weighted by Crippen LogP contribution is -2.27. The molecule has 1 atom stereocenters. The first-order chi connectivity index (χ1) is 5.81. The van der Waals surface area contributed by atoms with Gasteiger partial charge in [-0.25, -0.2) is 0 Å². The van der Waals surface area contributed by atoms with Crippen molar-refractivity contribution in [1.82, 2.24) is 4.31 Å². The Morgan fingerprint density at radius 2 is 2.15 bits per heavy atom. The minimum Gasteiger partial charge on any atom is -0.369 e. The molecule has 0 saturated heterocycles. The van der Waals surface area contributed by atoms with Gasteiger partial charge < -0.3 is 5.11 Å². The molecule has 1 unspecified atom stereocenters. The van der Waals surface area contributed by atoms with Crippen LogP contribution in [0.15, 0.2) is 11.6 Å². The van der Waals surface area contributed by atoms with Crippen LogP contribution >= 0.6 is 12.8 Å². The lowest BCUT2D eigenvalue weighted by atomic mass is 9.88. The zero-order chi connectivity index (χ0) is 10.2. The van der Waals surface area contributed by atoms with Crippen molar-refractivity contribution in [3.8, 4) is 0 Å². The van der Waals surface area contributed by atoms with Crippen LogP contribution in [0, 0.1) is 5.41 Å². The first kappa shape index (κ1) is 10.6. The second-order valence-corrected chi connectivity index (χ2v) is 4.94. The molecule has 1 aliphatic rings. The third kappa shape index (κ3) is 2.48. The van der Waals surface area contributed by atoms with Crippen LogP contribution in [0.3, 0.4) is 0 Å². The van der Waals surface area contributed by atoms with Crippen LogP contribution in [0.1, 0.15) is 27.2 Å². The minimum atomic E-state index is -0.852. The molecule has 1 aliphatic heterocycles. The van der Waals surface area contributed by atoms with Crippen LogP contribution < -0.4 is 0 Å². The number of thiol groups is 1. The average Bonchev–Trinajstić information content (AvgIpc) is 2.15. The third-order valence-corrected chi connectivity index (χ3v) is 2.25. The number of carbonyl (C=O) groups is 1. The molecule has 0 aromatic heterocycles. The topological polar surface area (TPSA) is 40.5 Å². The fourth-order valence-electron chi connectivity index (χ4n) is 1.33. The van der Waals surface area contributed by atoms with E-state index >= 15 is 0 Å². The second-order valence-electron chi connectivity index (χ2n) is 4.51. The molecule has 1 heterocycles. The maximum Gasteiger partial charge on any atom is 0.258 e. The van der Waals surface area contributed by atoms with Crippen molar-refractivity contribution >= 4 is 18.7 Å². The molecule has 0 saturated carbocycles. The van der Waals surface area contributed by atoms with Crippen molar-refractivity contribution in [3.63, 3.8) is 0 Å². The van der Waals surface area contributed by atoms with E-state index in [1.807, 2.05) is 0 Å². The number of aliphatic hydroxyl groups is 1. The summed E-state index contributed by atoms with van der Waals surface area (Å²) in [5, 5.41) is 9.55. The van der Waals surface area contributed by atoms with Gasteiger partial charge in [0.05, 0.1) is 0 Å². The number of nitrogens with zero attached hydrogens (tertiary/aromatic N) is 1. The summed E-state index contributed by atoms with van der Waals surface area (Å²) in [6.45, 7) is 6.19. The van der Waals surface area contributed by atoms with Gasteiger partial charge in [-0.05, 0) is 17.4 Å². The van der Waals surface area contributed by atoms with Gasteiger partial charge in [0, 0.05) is 6.08 Å². The van der Waals surface area contributed by atoms with E-state index in [1.165, 1.54) is 6.08 Å². The number of rotatable bonds is 1. The Balaban J connectivity index is 2.73. The highest BCUT2D eigenvalue weighted by molar-refractivity contribution is 7.78. The normalized spacial score (nSPS) is 23.8. The van der Waals surface area contributed by atoms with Gasteiger partial charge in [-0.15, -0.1) is 0 Å². The fraction of sp³-hybridized carbons (Fsp3) is 0.667. The Morgan fingerprint density at radius 1 is 1.62 bits per heavy atom. The van der Waals surface area contributed by atoms with Gasteiger partial charge in [0.15, 0.2) is 6.23 Å². The van der Waals surface area contributed by atoms with Crippen LogP contribution in [0.2, 0.25) is 0 Å². The smallest absolute Gasteiger partial charge is 0.258 e. The predicted molar refractivity (Wildman–Crippen MR) is 54.0 cm³/mol. The molecule has 0 aromatic rings. The van der Waals surface area contributed by atoms with Crippen LogP contribution in [0.5, 0.6) is 0 Å². The Labute approximate surface area is 84.0 Å². The highest BCUT2D eigenvalue weighted by Crippen LogP contribution is 2.30. The monoisotopic (exact) mass is 201 g/mol. The Kier molecular flexibility index (Phi) is 2.73. The van der Waals surface area contributed by atoms with Crippen LogP contribution in [-0.4, -0.2) is 21.5 Å². The molecule has 13 heavy (non-hydrogen) atoms. The lowest BCUT2D eigenvalue weighted by molar-refractivity contribution is -0.123. The maximum absolute atomic E-state index is 11.1. The quantitative estimate of drug-likeness (QED) is 0.629. The van der Waals surface area contributed by atoms with Gasteiger partial charge >= 0.3 is 0 Å². The van der Waals surface area contributed by atoms with Crippen LogP contribution in [-0.2, 0) is 4.79 Å². The van der Waals surface area contributed by atoms with Crippen molar-refractivity contribution in [1.29, 1.82) is 0 Å². The molecule has 74 valence electrons. The highest BCUT2D eigenvalue weighted by atomic mass is 32.1. The van der Waals surface area contributed by atoms with E-state index in [9.17, 15) is 9.90 Å². The summed E-state index contributed by atoms with van der Waals surface area (Å²) < 4.78 is 1.04. The van der Waals surface area contributed by atoms with Crippen molar-refractivity contribution in [2.75, 3.05) is 0 Å². The zero-order valence-corrected chi connectivity index (χ0v) is 9.01. The van der Waals surface area contributed by atoms with Gasteiger partial charge in [-0.2, -0.15) is 0 Å². The lowest BCUT2D eigenvalue weighted by Gasteiger charge is -2.22. The molecule has 3 nitrogen and oxygen atoms in total. The number of aliphatic hydroxyl groups excluding tert-OH is 1. The van der Waals surface area contributed by atoms with Crippen LogP contribution in [0.4, 0.5) is 0 Å².